The van der Waals surface area contributed by atoms with Crippen molar-refractivity contribution in [1.29, 1.82) is 0 Å². The Morgan fingerprint density at radius 3 is 1.17 bits per heavy atom. The third-order valence-electron chi connectivity index (χ3n) is 15.0. The third-order valence-corrected chi connectivity index (χ3v) is 19.8. The molecule has 6 heteroatoms. The van der Waals surface area contributed by atoms with Gasteiger partial charge in [0.2, 0.25) is 5.95 Å². The zero-order valence-corrected chi connectivity index (χ0v) is 41.9. The Balaban J connectivity index is 1.02. The van der Waals surface area contributed by atoms with Crippen LogP contribution in [0.2, 0.25) is 0 Å². The molecule has 0 aliphatic rings. The van der Waals surface area contributed by atoms with Crippen LogP contribution in [-0.2, 0) is 0 Å². The highest BCUT2D eigenvalue weighted by Crippen LogP contribution is 2.41. The van der Waals surface area contributed by atoms with Crippen LogP contribution >= 0.6 is 0 Å². The Morgan fingerprint density at radius 1 is 0.267 bits per heavy atom. The van der Waals surface area contributed by atoms with Gasteiger partial charge in [0.15, 0.2) is 19.7 Å². The summed E-state index contributed by atoms with van der Waals surface area (Å²) in [7, 11) is -2.81. The second-order valence-corrected chi connectivity index (χ2v) is 22.9. The van der Waals surface area contributed by atoms with Crippen LogP contribution in [0.5, 0.6) is 0 Å². The summed E-state index contributed by atoms with van der Waals surface area (Å²) in [4.78, 5) is 16.7. The lowest BCUT2D eigenvalue weighted by Crippen LogP contribution is -2.74. The highest BCUT2D eigenvalue weighted by atomic mass is 28.3. The van der Waals surface area contributed by atoms with Gasteiger partial charge < -0.3 is 4.57 Å². The molecule has 0 aliphatic heterocycles. The Bertz CT molecular complexity index is 4170. The molecular formula is C69H47N5Si. The van der Waals surface area contributed by atoms with Crippen molar-refractivity contribution in [2.75, 3.05) is 0 Å². The predicted molar refractivity (Wildman–Crippen MR) is 314 cm³/mol. The molecule has 0 amide bonds. The largest absolute Gasteiger partial charge is 0.309 e. The second kappa shape index (κ2) is 18.4. The molecule has 11 aromatic carbocycles. The number of rotatable bonds is 10. The summed E-state index contributed by atoms with van der Waals surface area (Å²) < 4.78 is 4.62. The molecule has 3 heterocycles. The number of para-hydroxylation sites is 3. The van der Waals surface area contributed by atoms with Crippen LogP contribution in [0.25, 0.3) is 100 Å². The molecule has 0 bridgehead atoms. The van der Waals surface area contributed by atoms with E-state index in [0.29, 0.717) is 17.6 Å². The summed E-state index contributed by atoms with van der Waals surface area (Å²) in [6.45, 7) is 0. The zero-order valence-electron chi connectivity index (χ0n) is 40.9. The molecule has 75 heavy (non-hydrogen) atoms. The van der Waals surface area contributed by atoms with Gasteiger partial charge in [-0.2, -0.15) is 9.97 Å². The molecule has 352 valence electrons. The molecule has 0 saturated carbocycles. The maximum Gasteiger partial charge on any atom is 0.238 e. The van der Waals surface area contributed by atoms with Crippen molar-refractivity contribution in [2.45, 2.75) is 0 Å². The van der Waals surface area contributed by atoms with Crippen molar-refractivity contribution < 1.29 is 0 Å². The minimum Gasteiger partial charge on any atom is -0.309 e. The number of fused-ring (bicyclic) bond motifs is 6. The van der Waals surface area contributed by atoms with E-state index in [4.69, 9.17) is 15.0 Å². The molecule has 0 fully saturated rings. The van der Waals surface area contributed by atoms with Crippen molar-refractivity contribution >= 4 is 72.4 Å². The first-order valence-corrected chi connectivity index (χ1v) is 27.5. The van der Waals surface area contributed by atoms with Gasteiger partial charge in [0, 0.05) is 38.4 Å². The first-order valence-electron chi connectivity index (χ1n) is 25.5. The van der Waals surface area contributed by atoms with Crippen LogP contribution in [0, 0.1) is 0 Å². The molecule has 3 aromatic heterocycles. The van der Waals surface area contributed by atoms with Gasteiger partial charge in [0.05, 0.1) is 22.1 Å². The standard InChI is InChI=1S/C69H47N5Si/c1-6-23-48(24-7-1)56-36-22-37-57(49-25-8-2-9-26-49)66(56)68-70-67(50-41-44-55(45-42-50)75(52-27-10-3-11-28-52,53-29-12-4-13-30-53)54-31-14-5-15-32-54)71-69(72-68)74-64-40-21-18-35-60(64)61-47-51(43-46-65(61)74)73-62-38-19-16-33-58(62)59-34-17-20-39-63(59)73/h1-47H. The Hall–Kier alpha value is -9.75. The Kier molecular flexibility index (Phi) is 10.8. The van der Waals surface area contributed by atoms with Crippen LogP contribution < -0.4 is 20.7 Å². The molecule has 14 aromatic rings. The molecule has 5 nitrogen and oxygen atoms in total. The van der Waals surface area contributed by atoms with Crippen molar-refractivity contribution in [3.8, 4) is 56.7 Å². The average Bonchev–Trinajstić information content (AvgIpc) is 4.03. The maximum absolute atomic E-state index is 5.62. The maximum atomic E-state index is 5.62. The Morgan fingerprint density at radius 2 is 0.667 bits per heavy atom. The van der Waals surface area contributed by atoms with E-state index in [9.17, 15) is 0 Å². The first-order chi connectivity index (χ1) is 37.2. The molecule has 0 saturated heterocycles. The second-order valence-electron chi connectivity index (χ2n) is 19.1. The highest BCUT2D eigenvalue weighted by molar-refractivity contribution is 7.19. The van der Waals surface area contributed by atoms with E-state index in [1.165, 1.54) is 42.6 Å². The van der Waals surface area contributed by atoms with E-state index in [1.807, 2.05) is 0 Å². The van der Waals surface area contributed by atoms with E-state index < -0.39 is 8.07 Å². The average molecular weight is 974 g/mol. The van der Waals surface area contributed by atoms with E-state index in [-0.39, 0.29) is 0 Å². The number of benzene rings is 11. The van der Waals surface area contributed by atoms with Gasteiger partial charge in [-0.1, -0.05) is 249 Å². The number of hydrogen-bond donors (Lipinski definition) is 0. The monoisotopic (exact) mass is 973 g/mol. The zero-order chi connectivity index (χ0) is 49.7. The highest BCUT2D eigenvalue weighted by Gasteiger charge is 2.41. The third kappa shape index (κ3) is 7.33. The first kappa shape index (κ1) is 44.0. The molecule has 0 radical (unpaired) electrons. The van der Waals surface area contributed by atoms with Gasteiger partial charge in [0.25, 0.3) is 0 Å². The Labute approximate surface area is 436 Å². The number of hydrogen-bond acceptors (Lipinski definition) is 3. The fraction of sp³-hybridized carbons (Fsp3) is 0. The van der Waals surface area contributed by atoms with Gasteiger partial charge in [-0.3, -0.25) is 4.57 Å². The molecule has 0 spiro atoms. The molecule has 0 unspecified atom stereocenters. The van der Waals surface area contributed by atoms with Crippen LogP contribution in [0.3, 0.4) is 0 Å². The van der Waals surface area contributed by atoms with Crippen LogP contribution in [0.15, 0.2) is 285 Å². The van der Waals surface area contributed by atoms with Crippen LogP contribution in [-0.4, -0.2) is 32.2 Å². The summed E-state index contributed by atoms with van der Waals surface area (Å²) >= 11 is 0. The van der Waals surface area contributed by atoms with Gasteiger partial charge in [-0.05, 0) is 79.4 Å². The quantitative estimate of drug-likeness (QED) is 0.101. The van der Waals surface area contributed by atoms with Gasteiger partial charge in [-0.15, -0.1) is 0 Å². The minimum absolute atomic E-state index is 0.540. The molecule has 14 rings (SSSR count). The van der Waals surface area contributed by atoms with Crippen molar-refractivity contribution in [1.82, 2.24) is 24.1 Å². The molecular weight excluding hydrogens is 927 g/mol. The summed E-state index contributed by atoms with van der Waals surface area (Å²) in [6.07, 6.45) is 0. The van der Waals surface area contributed by atoms with Crippen molar-refractivity contribution in [2.24, 2.45) is 0 Å². The fourth-order valence-electron chi connectivity index (χ4n) is 11.7. The van der Waals surface area contributed by atoms with Crippen molar-refractivity contribution in [3.63, 3.8) is 0 Å². The summed E-state index contributed by atoms with van der Waals surface area (Å²) in [5, 5.41) is 9.90. The fourth-order valence-corrected chi connectivity index (χ4v) is 16.4. The molecule has 0 aliphatic carbocycles. The summed E-state index contributed by atoms with van der Waals surface area (Å²) in [5.41, 5.74) is 11.5. The minimum atomic E-state index is -2.81. The summed E-state index contributed by atoms with van der Waals surface area (Å²) in [6, 6.07) is 103. The van der Waals surface area contributed by atoms with E-state index >= 15 is 0 Å². The normalized spacial score (nSPS) is 11.7. The van der Waals surface area contributed by atoms with Gasteiger partial charge >= 0.3 is 0 Å². The van der Waals surface area contributed by atoms with Crippen LogP contribution in [0.1, 0.15) is 0 Å². The molecule has 0 atom stereocenters. The number of nitrogens with zero attached hydrogens (tertiary/aromatic N) is 5. The lowest BCUT2D eigenvalue weighted by molar-refractivity contribution is 0.953. The predicted octanol–water partition coefficient (Wildman–Crippen LogP) is 14.1. The SMILES string of the molecule is c1ccc(-c2cccc(-c3ccccc3)c2-c2nc(-c3ccc([Si](c4ccccc4)(c4ccccc4)c4ccccc4)cc3)nc(-n3c4ccccc4c4cc(-n5c6ccccc6c6ccccc65)ccc43)n2)cc1. The number of aromatic nitrogens is 5. The summed E-state index contributed by atoms with van der Waals surface area (Å²) in [5.74, 6) is 1.72. The lowest BCUT2D eigenvalue weighted by atomic mass is 9.91. The van der Waals surface area contributed by atoms with E-state index in [0.717, 1.165) is 60.9 Å². The van der Waals surface area contributed by atoms with E-state index in [1.54, 1.807) is 0 Å². The van der Waals surface area contributed by atoms with E-state index in [2.05, 4.69) is 294 Å². The topological polar surface area (TPSA) is 48.5 Å². The lowest BCUT2D eigenvalue weighted by Gasteiger charge is -2.34. The molecule has 0 N–H and O–H groups in total. The van der Waals surface area contributed by atoms with Gasteiger partial charge in [-0.25, -0.2) is 4.98 Å². The smallest absolute Gasteiger partial charge is 0.238 e. The van der Waals surface area contributed by atoms with Crippen molar-refractivity contribution in [3.05, 3.63) is 285 Å². The van der Waals surface area contributed by atoms with Gasteiger partial charge in [0.1, 0.15) is 0 Å². The van der Waals surface area contributed by atoms with Crippen LogP contribution in [0.4, 0.5) is 0 Å².